The van der Waals surface area contributed by atoms with Crippen molar-refractivity contribution < 1.29 is 13.2 Å². The zero-order valence-electron chi connectivity index (χ0n) is 16.4. The lowest BCUT2D eigenvalue weighted by Gasteiger charge is -2.27. The van der Waals surface area contributed by atoms with E-state index in [-0.39, 0.29) is 34.7 Å². The first-order chi connectivity index (χ1) is 11.4. The van der Waals surface area contributed by atoms with Gasteiger partial charge in [0.2, 0.25) is 15.9 Å². The minimum Gasteiger partial charge on any atom is -0.348 e. The fraction of sp³-hybridized carbons (Fsp3) is 0.611. The highest BCUT2D eigenvalue weighted by Gasteiger charge is 2.28. The van der Waals surface area contributed by atoms with Crippen molar-refractivity contribution in [2.75, 3.05) is 13.1 Å². The zero-order valence-corrected chi connectivity index (χ0v) is 18.1. The molecule has 2 atom stereocenters. The molecular formula is C18H32ClN3O3S. The highest BCUT2D eigenvalue weighted by molar-refractivity contribution is 7.89. The molecule has 6 nitrogen and oxygen atoms in total. The maximum atomic E-state index is 12.5. The number of hydrogen-bond acceptors (Lipinski definition) is 4. The van der Waals surface area contributed by atoms with Gasteiger partial charge in [-0.05, 0) is 30.0 Å². The Hall–Kier alpha value is -1.15. The molecule has 1 amide bonds. The molecule has 1 aromatic carbocycles. The van der Waals surface area contributed by atoms with Gasteiger partial charge in [-0.15, -0.1) is 12.4 Å². The van der Waals surface area contributed by atoms with Crippen LogP contribution in [-0.2, 0) is 14.8 Å². The summed E-state index contributed by atoms with van der Waals surface area (Å²) in [7, 11) is -3.47. The second-order valence-electron chi connectivity index (χ2n) is 7.23. The summed E-state index contributed by atoms with van der Waals surface area (Å²) >= 11 is 0. The molecule has 1 rings (SSSR count). The van der Waals surface area contributed by atoms with E-state index in [1.807, 2.05) is 41.5 Å². The van der Waals surface area contributed by atoms with Crippen LogP contribution in [0.2, 0.25) is 0 Å². The highest BCUT2D eigenvalue weighted by atomic mass is 35.5. The van der Waals surface area contributed by atoms with Gasteiger partial charge in [-0.25, -0.2) is 8.42 Å². The lowest BCUT2D eigenvalue weighted by atomic mass is 9.86. The van der Waals surface area contributed by atoms with Crippen LogP contribution in [0.15, 0.2) is 29.2 Å². The van der Waals surface area contributed by atoms with E-state index in [0.29, 0.717) is 13.1 Å². The molecule has 0 aromatic heterocycles. The Bertz CT molecular complexity index is 681. The lowest BCUT2D eigenvalue weighted by Crippen LogP contribution is -2.49. The molecule has 0 fully saturated rings. The van der Waals surface area contributed by atoms with E-state index in [0.717, 1.165) is 5.56 Å². The number of carbonyl (C=O) groups excluding carboxylic acids is 1. The van der Waals surface area contributed by atoms with E-state index in [2.05, 4.69) is 5.32 Å². The summed E-state index contributed by atoms with van der Waals surface area (Å²) in [5.41, 5.74) is 6.47. The van der Waals surface area contributed by atoms with Crippen LogP contribution in [0.5, 0.6) is 0 Å². The first-order valence-corrected chi connectivity index (χ1v) is 10.0. The monoisotopic (exact) mass is 405 g/mol. The van der Waals surface area contributed by atoms with Crippen molar-refractivity contribution in [3.8, 4) is 0 Å². The van der Waals surface area contributed by atoms with Gasteiger partial charge in [-0.2, -0.15) is 4.31 Å². The van der Waals surface area contributed by atoms with Crippen LogP contribution in [-0.4, -0.2) is 37.8 Å². The van der Waals surface area contributed by atoms with E-state index in [1.165, 1.54) is 4.31 Å². The van der Waals surface area contributed by atoms with Crippen LogP contribution in [0.1, 0.15) is 53.1 Å². The summed E-state index contributed by atoms with van der Waals surface area (Å²) in [6, 6.07) is 5.74. The number of sulfonamides is 1. The Labute approximate surface area is 164 Å². The fourth-order valence-electron chi connectivity index (χ4n) is 2.42. The number of benzene rings is 1. The maximum Gasteiger partial charge on any atom is 0.243 e. The van der Waals surface area contributed by atoms with Gasteiger partial charge in [-0.3, -0.25) is 4.79 Å². The quantitative estimate of drug-likeness (QED) is 0.729. The number of nitrogens with one attached hydrogen (secondary N) is 1. The summed E-state index contributed by atoms with van der Waals surface area (Å²) in [6.07, 6.45) is 0. The Balaban J connectivity index is 0.00000625. The van der Waals surface area contributed by atoms with Gasteiger partial charge in [-0.1, -0.05) is 46.8 Å². The molecule has 0 aliphatic heterocycles. The largest absolute Gasteiger partial charge is 0.348 e. The van der Waals surface area contributed by atoms with Crippen molar-refractivity contribution in [1.82, 2.24) is 9.62 Å². The number of hydrogen-bond donors (Lipinski definition) is 2. The zero-order chi connectivity index (χ0) is 19.4. The SMILES string of the molecule is CCN(CC)S(=O)(=O)c1ccc(C(C)NC(=O)[C@@H](N)C(C)(C)C)cc1.Cl. The minimum atomic E-state index is -3.47. The molecule has 8 heteroatoms. The summed E-state index contributed by atoms with van der Waals surface area (Å²) in [4.78, 5) is 12.5. The predicted octanol–water partition coefficient (Wildman–Crippen LogP) is 2.69. The fourth-order valence-corrected chi connectivity index (χ4v) is 3.88. The second kappa shape index (κ2) is 9.69. The molecule has 150 valence electrons. The maximum absolute atomic E-state index is 12.5. The number of nitrogens with zero attached hydrogens (tertiary/aromatic N) is 1. The third-order valence-corrected chi connectivity index (χ3v) is 6.36. The first-order valence-electron chi connectivity index (χ1n) is 8.61. The van der Waals surface area contributed by atoms with E-state index in [9.17, 15) is 13.2 Å². The normalized spacial score (nSPS) is 14.5. The average molecular weight is 406 g/mol. The summed E-state index contributed by atoms with van der Waals surface area (Å²) in [5.74, 6) is -0.222. The van der Waals surface area contributed by atoms with E-state index < -0.39 is 16.1 Å². The van der Waals surface area contributed by atoms with Crippen molar-refractivity contribution in [3.05, 3.63) is 29.8 Å². The molecule has 0 aliphatic carbocycles. The average Bonchev–Trinajstić information content (AvgIpc) is 2.54. The smallest absolute Gasteiger partial charge is 0.243 e. The van der Waals surface area contributed by atoms with Crippen molar-refractivity contribution in [3.63, 3.8) is 0 Å². The summed E-state index contributed by atoms with van der Waals surface area (Å²) < 4.78 is 26.4. The Morgan fingerprint density at radius 2 is 1.62 bits per heavy atom. The van der Waals surface area contributed by atoms with Crippen molar-refractivity contribution >= 4 is 28.3 Å². The molecule has 1 aromatic rings. The molecule has 1 unspecified atom stereocenters. The van der Waals surface area contributed by atoms with Crippen LogP contribution in [0.3, 0.4) is 0 Å². The molecule has 26 heavy (non-hydrogen) atoms. The molecular weight excluding hydrogens is 374 g/mol. The molecule has 0 bridgehead atoms. The van der Waals surface area contributed by atoms with Crippen LogP contribution in [0.25, 0.3) is 0 Å². The lowest BCUT2D eigenvalue weighted by molar-refractivity contribution is -0.125. The van der Waals surface area contributed by atoms with Crippen molar-refractivity contribution in [2.45, 2.75) is 58.5 Å². The van der Waals surface area contributed by atoms with Crippen molar-refractivity contribution in [1.29, 1.82) is 0 Å². The molecule has 3 N–H and O–H groups in total. The first kappa shape index (κ1) is 24.8. The van der Waals surface area contributed by atoms with Gasteiger partial charge in [0.15, 0.2) is 0 Å². The van der Waals surface area contributed by atoms with Gasteiger partial charge in [0.1, 0.15) is 0 Å². The Morgan fingerprint density at radius 3 is 2.00 bits per heavy atom. The second-order valence-corrected chi connectivity index (χ2v) is 9.17. The number of carbonyl (C=O) groups is 1. The van der Waals surface area contributed by atoms with Gasteiger partial charge in [0.25, 0.3) is 0 Å². The third kappa shape index (κ3) is 5.94. The molecule has 0 radical (unpaired) electrons. The third-order valence-electron chi connectivity index (χ3n) is 4.30. The molecule has 0 saturated heterocycles. The Morgan fingerprint density at radius 1 is 1.15 bits per heavy atom. The van der Waals surface area contributed by atoms with E-state index in [4.69, 9.17) is 5.73 Å². The summed E-state index contributed by atoms with van der Waals surface area (Å²) in [6.45, 7) is 12.1. The molecule has 0 spiro atoms. The van der Waals surface area contributed by atoms with Crippen LogP contribution in [0, 0.1) is 5.41 Å². The van der Waals surface area contributed by atoms with Gasteiger partial charge >= 0.3 is 0 Å². The van der Waals surface area contributed by atoms with Gasteiger partial charge in [0, 0.05) is 13.1 Å². The van der Waals surface area contributed by atoms with Crippen molar-refractivity contribution in [2.24, 2.45) is 11.1 Å². The van der Waals surface area contributed by atoms with Crippen LogP contribution >= 0.6 is 12.4 Å². The number of rotatable bonds is 7. The Kier molecular flexibility index (Phi) is 9.26. The standard InChI is InChI=1S/C18H31N3O3S.ClH/c1-7-21(8-2)25(23,24)15-11-9-14(10-12-15)13(3)20-17(22)16(19)18(4,5)6;/h9-13,16H,7-8,19H2,1-6H3,(H,20,22);1H/t13?,16-;/m1./s1. The van der Waals surface area contributed by atoms with Crippen LogP contribution in [0.4, 0.5) is 0 Å². The van der Waals surface area contributed by atoms with E-state index in [1.54, 1.807) is 24.3 Å². The predicted molar refractivity (Wildman–Crippen MR) is 108 cm³/mol. The molecule has 0 heterocycles. The number of amides is 1. The number of nitrogens with two attached hydrogens (primary N) is 1. The number of halogens is 1. The highest BCUT2D eigenvalue weighted by Crippen LogP contribution is 2.21. The summed E-state index contributed by atoms with van der Waals surface area (Å²) in [5, 5.41) is 2.88. The van der Waals surface area contributed by atoms with Crippen LogP contribution < -0.4 is 11.1 Å². The van der Waals surface area contributed by atoms with Gasteiger partial charge < -0.3 is 11.1 Å². The topological polar surface area (TPSA) is 92.5 Å². The molecule has 0 saturated carbocycles. The van der Waals surface area contributed by atoms with Gasteiger partial charge in [0.05, 0.1) is 17.0 Å². The minimum absolute atomic E-state index is 0. The van der Waals surface area contributed by atoms with E-state index >= 15 is 0 Å². The molecule has 0 aliphatic rings.